The number of amides is 1. The van der Waals surface area contributed by atoms with E-state index in [1.54, 1.807) is 12.1 Å². The van der Waals surface area contributed by atoms with Gasteiger partial charge in [0.25, 0.3) is 5.91 Å². The summed E-state index contributed by atoms with van der Waals surface area (Å²) < 4.78 is 0. The number of carbonyl (C=O) groups is 1. The standard InChI is InChI=1S/C11H15ClN2O/c1-2-3-4-6-14-11(15)10-8-9(12)5-7-13-10/h5,7-8H,2-4,6H2,1H3,(H,14,15). The Labute approximate surface area is 94.9 Å². The van der Waals surface area contributed by atoms with Crippen LogP contribution in [-0.2, 0) is 0 Å². The molecule has 4 heteroatoms. The third-order valence-corrected chi connectivity index (χ3v) is 2.26. The summed E-state index contributed by atoms with van der Waals surface area (Å²) in [6.45, 7) is 2.82. The van der Waals surface area contributed by atoms with Crippen LogP contribution in [0.25, 0.3) is 0 Å². The SMILES string of the molecule is CCCCCNC(=O)c1cc(Cl)ccn1. The Kier molecular flexibility index (Phi) is 5.12. The van der Waals surface area contributed by atoms with Gasteiger partial charge in [-0.1, -0.05) is 31.4 Å². The summed E-state index contributed by atoms with van der Waals surface area (Å²) in [7, 11) is 0. The minimum absolute atomic E-state index is 0.159. The summed E-state index contributed by atoms with van der Waals surface area (Å²) in [6.07, 6.45) is 4.81. The van der Waals surface area contributed by atoms with E-state index in [1.165, 1.54) is 6.20 Å². The van der Waals surface area contributed by atoms with Crippen molar-refractivity contribution in [2.45, 2.75) is 26.2 Å². The van der Waals surface area contributed by atoms with Gasteiger partial charge in [0.1, 0.15) is 5.69 Å². The van der Waals surface area contributed by atoms with Gasteiger partial charge in [-0.2, -0.15) is 0 Å². The number of nitrogens with zero attached hydrogens (tertiary/aromatic N) is 1. The monoisotopic (exact) mass is 226 g/mol. The molecular formula is C11H15ClN2O. The molecule has 0 saturated heterocycles. The van der Waals surface area contributed by atoms with Gasteiger partial charge in [-0.3, -0.25) is 9.78 Å². The zero-order valence-corrected chi connectivity index (χ0v) is 9.55. The first-order valence-corrected chi connectivity index (χ1v) is 5.51. The van der Waals surface area contributed by atoms with E-state index in [4.69, 9.17) is 11.6 Å². The number of aromatic nitrogens is 1. The number of pyridine rings is 1. The van der Waals surface area contributed by atoms with Crippen molar-refractivity contribution in [1.29, 1.82) is 0 Å². The minimum atomic E-state index is -0.159. The van der Waals surface area contributed by atoms with Crippen LogP contribution in [0.4, 0.5) is 0 Å². The maximum Gasteiger partial charge on any atom is 0.269 e. The van der Waals surface area contributed by atoms with Crippen LogP contribution in [0.2, 0.25) is 5.02 Å². The molecule has 0 aliphatic heterocycles. The zero-order valence-electron chi connectivity index (χ0n) is 8.79. The number of halogens is 1. The van der Waals surface area contributed by atoms with Gasteiger partial charge in [0.2, 0.25) is 0 Å². The smallest absolute Gasteiger partial charge is 0.269 e. The van der Waals surface area contributed by atoms with E-state index in [0.717, 1.165) is 19.3 Å². The molecule has 1 amide bonds. The van der Waals surface area contributed by atoms with E-state index in [9.17, 15) is 4.79 Å². The number of rotatable bonds is 5. The summed E-state index contributed by atoms with van der Waals surface area (Å²) in [4.78, 5) is 15.5. The molecule has 0 aliphatic rings. The summed E-state index contributed by atoms with van der Waals surface area (Å²) in [5.41, 5.74) is 0.374. The number of unbranched alkanes of at least 4 members (excludes halogenated alkanes) is 2. The Morgan fingerprint density at radius 2 is 2.33 bits per heavy atom. The topological polar surface area (TPSA) is 42.0 Å². The molecule has 0 aromatic carbocycles. The molecule has 0 bridgehead atoms. The Morgan fingerprint density at radius 3 is 3.00 bits per heavy atom. The molecular weight excluding hydrogens is 212 g/mol. The molecule has 0 atom stereocenters. The maximum absolute atomic E-state index is 11.5. The van der Waals surface area contributed by atoms with Crippen LogP contribution in [0.15, 0.2) is 18.3 Å². The van der Waals surface area contributed by atoms with Crippen LogP contribution in [0.5, 0.6) is 0 Å². The molecule has 0 radical (unpaired) electrons. The lowest BCUT2D eigenvalue weighted by Crippen LogP contribution is -2.25. The molecule has 1 rings (SSSR count). The molecule has 1 heterocycles. The Balaban J connectivity index is 2.40. The number of hydrogen-bond acceptors (Lipinski definition) is 2. The lowest BCUT2D eigenvalue weighted by atomic mass is 10.2. The van der Waals surface area contributed by atoms with E-state index in [2.05, 4.69) is 17.2 Å². The number of nitrogens with one attached hydrogen (secondary N) is 1. The largest absolute Gasteiger partial charge is 0.351 e. The normalized spacial score (nSPS) is 10.0. The lowest BCUT2D eigenvalue weighted by Gasteiger charge is -2.03. The van der Waals surface area contributed by atoms with E-state index in [0.29, 0.717) is 17.3 Å². The van der Waals surface area contributed by atoms with Gasteiger partial charge in [0.05, 0.1) is 0 Å². The van der Waals surface area contributed by atoms with E-state index in [-0.39, 0.29) is 5.91 Å². The van der Waals surface area contributed by atoms with Crippen LogP contribution >= 0.6 is 11.6 Å². The molecule has 3 nitrogen and oxygen atoms in total. The molecule has 1 aromatic heterocycles. The van der Waals surface area contributed by atoms with Crippen LogP contribution in [0, 0.1) is 0 Å². The van der Waals surface area contributed by atoms with Crippen molar-refractivity contribution in [2.24, 2.45) is 0 Å². The highest BCUT2D eigenvalue weighted by Gasteiger charge is 2.05. The maximum atomic E-state index is 11.5. The predicted octanol–water partition coefficient (Wildman–Crippen LogP) is 2.66. The highest BCUT2D eigenvalue weighted by Crippen LogP contribution is 2.07. The average Bonchev–Trinajstić information content (AvgIpc) is 2.24. The summed E-state index contributed by atoms with van der Waals surface area (Å²) in [5.74, 6) is -0.159. The second-order valence-electron chi connectivity index (χ2n) is 3.32. The number of hydrogen-bond donors (Lipinski definition) is 1. The highest BCUT2D eigenvalue weighted by atomic mass is 35.5. The first-order valence-electron chi connectivity index (χ1n) is 5.13. The fourth-order valence-corrected chi connectivity index (χ4v) is 1.36. The average molecular weight is 227 g/mol. The molecule has 0 unspecified atom stereocenters. The van der Waals surface area contributed by atoms with Crippen LogP contribution in [0.1, 0.15) is 36.7 Å². The zero-order chi connectivity index (χ0) is 11.1. The molecule has 15 heavy (non-hydrogen) atoms. The molecule has 1 aromatic rings. The van der Waals surface area contributed by atoms with Gasteiger partial charge in [0.15, 0.2) is 0 Å². The second kappa shape index (κ2) is 6.40. The summed E-state index contributed by atoms with van der Waals surface area (Å²) >= 11 is 5.75. The van der Waals surface area contributed by atoms with Crippen molar-refractivity contribution in [1.82, 2.24) is 10.3 Å². The second-order valence-corrected chi connectivity index (χ2v) is 3.76. The van der Waals surface area contributed by atoms with Crippen molar-refractivity contribution in [2.75, 3.05) is 6.54 Å². The molecule has 0 fully saturated rings. The van der Waals surface area contributed by atoms with Gasteiger partial charge in [0, 0.05) is 17.8 Å². The molecule has 0 saturated carbocycles. The van der Waals surface area contributed by atoms with Crippen LogP contribution in [0.3, 0.4) is 0 Å². The van der Waals surface area contributed by atoms with E-state index < -0.39 is 0 Å². The van der Waals surface area contributed by atoms with Gasteiger partial charge >= 0.3 is 0 Å². The third-order valence-electron chi connectivity index (χ3n) is 2.02. The molecule has 1 N–H and O–H groups in total. The van der Waals surface area contributed by atoms with E-state index in [1.807, 2.05) is 0 Å². The van der Waals surface area contributed by atoms with Crippen LogP contribution < -0.4 is 5.32 Å². The fraction of sp³-hybridized carbons (Fsp3) is 0.455. The van der Waals surface area contributed by atoms with Crippen LogP contribution in [-0.4, -0.2) is 17.4 Å². The third kappa shape index (κ3) is 4.30. The summed E-state index contributed by atoms with van der Waals surface area (Å²) in [5, 5.41) is 3.33. The molecule has 82 valence electrons. The van der Waals surface area contributed by atoms with Gasteiger partial charge in [-0.15, -0.1) is 0 Å². The van der Waals surface area contributed by atoms with Gasteiger partial charge < -0.3 is 5.32 Å². The Morgan fingerprint density at radius 1 is 1.53 bits per heavy atom. The fourth-order valence-electron chi connectivity index (χ4n) is 1.20. The number of carbonyl (C=O) groups excluding carboxylic acids is 1. The Hall–Kier alpha value is -1.09. The first-order chi connectivity index (χ1) is 7.24. The highest BCUT2D eigenvalue weighted by molar-refractivity contribution is 6.30. The lowest BCUT2D eigenvalue weighted by molar-refractivity contribution is 0.0948. The van der Waals surface area contributed by atoms with Gasteiger partial charge in [-0.05, 0) is 18.6 Å². The Bertz CT molecular complexity index is 328. The van der Waals surface area contributed by atoms with E-state index >= 15 is 0 Å². The molecule has 0 aliphatic carbocycles. The van der Waals surface area contributed by atoms with Crippen molar-refractivity contribution >= 4 is 17.5 Å². The minimum Gasteiger partial charge on any atom is -0.351 e. The van der Waals surface area contributed by atoms with Crippen molar-refractivity contribution < 1.29 is 4.79 Å². The quantitative estimate of drug-likeness (QED) is 0.785. The molecule has 0 spiro atoms. The summed E-state index contributed by atoms with van der Waals surface area (Å²) in [6, 6.07) is 3.21. The van der Waals surface area contributed by atoms with Crippen molar-refractivity contribution in [3.63, 3.8) is 0 Å². The predicted molar refractivity (Wildman–Crippen MR) is 61.1 cm³/mol. The van der Waals surface area contributed by atoms with Crippen molar-refractivity contribution in [3.05, 3.63) is 29.0 Å². The van der Waals surface area contributed by atoms with Crippen molar-refractivity contribution in [3.8, 4) is 0 Å². The first kappa shape index (κ1) is 12.0. The van der Waals surface area contributed by atoms with Gasteiger partial charge in [-0.25, -0.2) is 0 Å².